The average Bonchev–Trinajstić information content (AvgIpc) is 2.23. The van der Waals surface area contributed by atoms with Crippen LogP contribution in [-0.4, -0.2) is 12.9 Å². The summed E-state index contributed by atoms with van der Waals surface area (Å²) in [5.74, 6) is 0.777. The third-order valence-corrected chi connectivity index (χ3v) is 2.96. The molecule has 0 aliphatic rings. The lowest BCUT2D eigenvalue weighted by Gasteiger charge is -2.26. The van der Waals surface area contributed by atoms with Crippen molar-refractivity contribution in [2.45, 2.75) is 52.4 Å². The first-order valence-electron chi connectivity index (χ1n) is 6.37. The van der Waals surface area contributed by atoms with Crippen molar-refractivity contribution in [3.8, 4) is 5.75 Å². The van der Waals surface area contributed by atoms with Crippen molar-refractivity contribution < 1.29 is 9.53 Å². The maximum atomic E-state index is 10.4. The molecule has 1 aromatic carbocycles. The lowest BCUT2D eigenvalue weighted by molar-refractivity contribution is -0.109. The summed E-state index contributed by atoms with van der Waals surface area (Å²) in [6, 6.07) is 6.28. The molecule has 0 spiro atoms. The van der Waals surface area contributed by atoms with E-state index in [1.54, 1.807) is 0 Å². The van der Waals surface area contributed by atoms with Crippen LogP contribution >= 0.6 is 0 Å². The number of carbonyl (C=O) groups is 1. The van der Waals surface area contributed by atoms with Crippen molar-refractivity contribution >= 4 is 6.29 Å². The second kappa shape index (κ2) is 5.13. The van der Waals surface area contributed by atoms with Gasteiger partial charge in [-0.3, -0.25) is 4.79 Å². The van der Waals surface area contributed by atoms with Gasteiger partial charge in [0.2, 0.25) is 0 Å². The number of carbonyl (C=O) groups excluding carboxylic acids is 1. The zero-order chi connectivity index (χ0) is 14.0. The normalized spacial score (nSPS) is 12.3. The predicted octanol–water partition coefficient (Wildman–Crippen LogP) is 3.86. The first kappa shape index (κ1) is 14.7. The first-order chi connectivity index (χ1) is 8.14. The van der Waals surface area contributed by atoms with Crippen LogP contribution in [0, 0.1) is 0 Å². The Bertz CT molecular complexity index is 387. The summed E-state index contributed by atoms with van der Waals surface area (Å²) in [6.45, 7) is 13.2. The van der Waals surface area contributed by atoms with Crippen molar-refractivity contribution in [1.82, 2.24) is 0 Å². The SMILES string of the molecule is CC(C)(C)c1cc(OCC=O)cc(C(C)(C)C)c1. The molecule has 1 aromatic rings. The van der Waals surface area contributed by atoms with Gasteiger partial charge in [-0.05, 0) is 34.1 Å². The van der Waals surface area contributed by atoms with Gasteiger partial charge in [0, 0.05) is 0 Å². The molecule has 0 saturated carbocycles. The Hall–Kier alpha value is -1.31. The maximum absolute atomic E-state index is 10.4. The fourth-order valence-corrected chi connectivity index (χ4v) is 1.68. The van der Waals surface area contributed by atoms with Crippen molar-refractivity contribution in [1.29, 1.82) is 0 Å². The van der Waals surface area contributed by atoms with Crippen molar-refractivity contribution in [3.63, 3.8) is 0 Å². The van der Waals surface area contributed by atoms with Crippen molar-refractivity contribution in [3.05, 3.63) is 29.3 Å². The summed E-state index contributed by atoms with van der Waals surface area (Å²) >= 11 is 0. The van der Waals surface area contributed by atoms with E-state index in [9.17, 15) is 4.79 Å². The van der Waals surface area contributed by atoms with Gasteiger partial charge in [-0.25, -0.2) is 0 Å². The first-order valence-corrected chi connectivity index (χ1v) is 6.37. The number of hydrogen-bond donors (Lipinski definition) is 0. The van der Waals surface area contributed by atoms with Gasteiger partial charge in [0.1, 0.15) is 12.4 Å². The molecule has 2 heteroatoms. The van der Waals surface area contributed by atoms with E-state index in [2.05, 4.69) is 47.6 Å². The topological polar surface area (TPSA) is 26.3 Å². The van der Waals surface area contributed by atoms with E-state index in [-0.39, 0.29) is 17.4 Å². The highest BCUT2D eigenvalue weighted by atomic mass is 16.5. The Balaban J connectivity index is 3.24. The van der Waals surface area contributed by atoms with Crippen LogP contribution in [0.3, 0.4) is 0 Å². The Morgan fingerprint density at radius 2 is 1.39 bits per heavy atom. The fourth-order valence-electron chi connectivity index (χ4n) is 1.68. The average molecular weight is 248 g/mol. The van der Waals surface area contributed by atoms with Gasteiger partial charge in [-0.2, -0.15) is 0 Å². The molecule has 1 rings (SSSR count). The molecular weight excluding hydrogens is 224 g/mol. The van der Waals surface area contributed by atoms with Gasteiger partial charge in [0.15, 0.2) is 6.29 Å². The van der Waals surface area contributed by atoms with Crippen LogP contribution in [0.2, 0.25) is 0 Å². The van der Waals surface area contributed by atoms with Gasteiger partial charge in [-0.15, -0.1) is 0 Å². The van der Waals surface area contributed by atoms with E-state index in [4.69, 9.17) is 4.74 Å². The Labute approximate surface area is 110 Å². The van der Waals surface area contributed by atoms with Gasteiger partial charge in [0.05, 0.1) is 0 Å². The molecule has 100 valence electrons. The lowest BCUT2D eigenvalue weighted by Crippen LogP contribution is -2.16. The zero-order valence-corrected chi connectivity index (χ0v) is 12.3. The third kappa shape index (κ3) is 3.86. The van der Waals surface area contributed by atoms with Gasteiger partial charge < -0.3 is 4.74 Å². The van der Waals surface area contributed by atoms with Gasteiger partial charge >= 0.3 is 0 Å². The smallest absolute Gasteiger partial charge is 0.157 e. The molecule has 0 radical (unpaired) electrons. The van der Waals surface area contributed by atoms with Crippen LogP contribution in [0.4, 0.5) is 0 Å². The molecule has 0 N–H and O–H groups in total. The summed E-state index contributed by atoms with van der Waals surface area (Å²) < 4.78 is 5.46. The standard InChI is InChI=1S/C16H24O2/c1-15(2,3)12-9-13(16(4,5)6)11-14(10-12)18-8-7-17/h7,9-11H,8H2,1-6H3. The number of benzene rings is 1. The maximum Gasteiger partial charge on any atom is 0.157 e. The van der Waals surface area contributed by atoms with E-state index in [1.807, 2.05) is 12.1 Å². The number of ether oxygens (including phenoxy) is 1. The van der Waals surface area contributed by atoms with E-state index in [0.717, 1.165) is 12.0 Å². The molecule has 0 saturated heterocycles. The lowest BCUT2D eigenvalue weighted by atomic mass is 9.80. The third-order valence-electron chi connectivity index (χ3n) is 2.96. The second-order valence-electron chi connectivity index (χ2n) is 6.72. The zero-order valence-electron chi connectivity index (χ0n) is 12.3. The monoisotopic (exact) mass is 248 g/mol. The Morgan fingerprint density at radius 3 is 1.72 bits per heavy atom. The molecule has 0 fully saturated rings. The van der Waals surface area contributed by atoms with Gasteiger partial charge in [0.25, 0.3) is 0 Å². The van der Waals surface area contributed by atoms with Gasteiger partial charge in [-0.1, -0.05) is 47.6 Å². The summed E-state index contributed by atoms with van der Waals surface area (Å²) in [5, 5.41) is 0. The molecule has 2 nitrogen and oxygen atoms in total. The predicted molar refractivity (Wildman–Crippen MR) is 75.4 cm³/mol. The van der Waals surface area contributed by atoms with Crippen LogP contribution in [0.5, 0.6) is 5.75 Å². The molecular formula is C16H24O2. The highest BCUT2D eigenvalue weighted by Crippen LogP contribution is 2.32. The van der Waals surface area contributed by atoms with Crippen LogP contribution in [-0.2, 0) is 15.6 Å². The minimum Gasteiger partial charge on any atom is -0.486 e. The molecule has 0 unspecified atom stereocenters. The molecule has 0 amide bonds. The fraction of sp³-hybridized carbons (Fsp3) is 0.562. The van der Waals surface area contributed by atoms with Crippen molar-refractivity contribution in [2.24, 2.45) is 0 Å². The van der Waals surface area contributed by atoms with E-state index in [1.165, 1.54) is 11.1 Å². The molecule has 0 aliphatic carbocycles. The highest BCUT2D eigenvalue weighted by Gasteiger charge is 2.20. The minimum absolute atomic E-state index is 0.0700. The minimum atomic E-state index is 0.0700. The summed E-state index contributed by atoms with van der Waals surface area (Å²) in [6.07, 6.45) is 0.778. The number of hydrogen-bond acceptors (Lipinski definition) is 2. The Kier molecular flexibility index (Phi) is 4.20. The number of rotatable bonds is 3. The largest absolute Gasteiger partial charge is 0.486 e. The highest BCUT2D eigenvalue weighted by molar-refractivity contribution is 5.52. The summed E-state index contributed by atoms with van der Waals surface area (Å²) in [5.41, 5.74) is 2.60. The summed E-state index contributed by atoms with van der Waals surface area (Å²) in [7, 11) is 0. The molecule has 0 aromatic heterocycles. The number of aldehydes is 1. The van der Waals surface area contributed by atoms with Crippen molar-refractivity contribution in [2.75, 3.05) is 6.61 Å². The summed E-state index contributed by atoms with van der Waals surface area (Å²) in [4.78, 5) is 10.4. The quantitative estimate of drug-likeness (QED) is 0.759. The van der Waals surface area contributed by atoms with E-state index < -0.39 is 0 Å². The van der Waals surface area contributed by atoms with Crippen LogP contribution in [0.15, 0.2) is 18.2 Å². The molecule has 0 heterocycles. The Morgan fingerprint density at radius 1 is 0.944 bits per heavy atom. The van der Waals surface area contributed by atoms with Crippen LogP contribution in [0.1, 0.15) is 52.7 Å². The van der Waals surface area contributed by atoms with E-state index >= 15 is 0 Å². The molecule has 0 bridgehead atoms. The van der Waals surface area contributed by atoms with Crippen LogP contribution < -0.4 is 4.74 Å². The van der Waals surface area contributed by atoms with Crippen LogP contribution in [0.25, 0.3) is 0 Å². The molecule has 0 atom stereocenters. The molecule has 18 heavy (non-hydrogen) atoms. The second-order valence-corrected chi connectivity index (χ2v) is 6.72. The van der Waals surface area contributed by atoms with E-state index in [0.29, 0.717) is 0 Å². The molecule has 0 aliphatic heterocycles.